The molecule has 0 radical (unpaired) electrons. The summed E-state index contributed by atoms with van der Waals surface area (Å²) in [4.78, 5) is 13.6. The highest BCUT2D eigenvalue weighted by atomic mass is 16.6. The van der Waals surface area contributed by atoms with Gasteiger partial charge in [-0.1, -0.05) is 0 Å². The van der Waals surface area contributed by atoms with E-state index in [9.17, 15) is 4.79 Å². The summed E-state index contributed by atoms with van der Waals surface area (Å²) in [6, 6.07) is 0.332. The molecule has 1 amide bonds. The van der Waals surface area contributed by atoms with Gasteiger partial charge in [-0.15, -0.1) is 0 Å². The lowest BCUT2D eigenvalue weighted by Gasteiger charge is -2.34. The lowest BCUT2D eigenvalue weighted by atomic mass is 10.0. The van der Waals surface area contributed by atoms with Crippen LogP contribution in [0.15, 0.2) is 0 Å². The lowest BCUT2D eigenvalue weighted by molar-refractivity contribution is 0.0121. The predicted molar refractivity (Wildman–Crippen MR) is 56.3 cm³/mol. The summed E-state index contributed by atoms with van der Waals surface area (Å²) in [5.41, 5.74) is -0.381. The molecule has 1 aliphatic rings. The summed E-state index contributed by atoms with van der Waals surface area (Å²) in [6.45, 7) is 8.64. The fourth-order valence-electron chi connectivity index (χ4n) is 1.69. The normalized spacial score (nSPS) is 23.4. The fraction of sp³-hybridized carbons (Fsp3) is 0.909. The molecule has 1 rings (SSSR count). The molecule has 1 heterocycles. The Bertz CT molecular complexity index is 208. The van der Waals surface area contributed by atoms with Gasteiger partial charge in [-0.3, -0.25) is 0 Å². The molecule has 0 spiro atoms. The van der Waals surface area contributed by atoms with Crippen molar-refractivity contribution in [1.82, 2.24) is 4.90 Å². The molecular weight excluding hydrogens is 178 g/mol. The summed E-state index contributed by atoms with van der Waals surface area (Å²) in [6.07, 6.45) is 3.26. The highest BCUT2D eigenvalue weighted by molar-refractivity contribution is 5.68. The van der Waals surface area contributed by atoms with Gasteiger partial charge in [-0.25, -0.2) is 4.79 Å². The van der Waals surface area contributed by atoms with Crippen LogP contribution in [0.1, 0.15) is 47.0 Å². The van der Waals surface area contributed by atoms with Gasteiger partial charge in [-0.05, 0) is 47.0 Å². The monoisotopic (exact) mass is 199 g/mol. The molecule has 0 aromatic heterocycles. The van der Waals surface area contributed by atoms with E-state index in [4.69, 9.17) is 4.74 Å². The Morgan fingerprint density at radius 3 is 2.50 bits per heavy atom. The average Bonchev–Trinajstić information content (AvgIpc) is 2.01. The Morgan fingerprint density at radius 1 is 1.36 bits per heavy atom. The van der Waals surface area contributed by atoms with Crippen LogP contribution in [0.5, 0.6) is 0 Å². The Morgan fingerprint density at radius 2 is 2.00 bits per heavy atom. The van der Waals surface area contributed by atoms with Crippen molar-refractivity contribution in [3.63, 3.8) is 0 Å². The van der Waals surface area contributed by atoms with Crippen LogP contribution in [0.4, 0.5) is 4.79 Å². The topological polar surface area (TPSA) is 29.5 Å². The van der Waals surface area contributed by atoms with Crippen LogP contribution in [0.25, 0.3) is 0 Å². The SMILES string of the molecule is CC1CCCCN1C(=O)OC(C)(C)C. The van der Waals surface area contributed by atoms with E-state index in [1.807, 2.05) is 25.7 Å². The van der Waals surface area contributed by atoms with Gasteiger partial charge in [0.05, 0.1) is 0 Å². The highest BCUT2D eigenvalue weighted by Crippen LogP contribution is 2.19. The Hall–Kier alpha value is -0.730. The number of ether oxygens (including phenoxy) is 1. The van der Waals surface area contributed by atoms with Crippen LogP contribution < -0.4 is 0 Å². The zero-order chi connectivity index (χ0) is 10.8. The zero-order valence-electron chi connectivity index (χ0n) is 9.67. The van der Waals surface area contributed by atoms with Crippen molar-refractivity contribution in [3.8, 4) is 0 Å². The maximum absolute atomic E-state index is 11.7. The first kappa shape index (κ1) is 11.3. The van der Waals surface area contributed by atoms with Gasteiger partial charge in [0.15, 0.2) is 0 Å². The first-order chi connectivity index (χ1) is 6.40. The van der Waals surface area contributed by atoms with Gasteiger partial charge in [0, 0.05) is 12.6 Å². The van der Waals surface area contributed by atoms with Gasteiger partial charge in [-0.2, -0.15) is 0 Å². The van der Waals surface area contributed by atoms with E-state index < -0.39 is 0 Å². The van der Waals surface area contributed by atoms with E-state index in [1.54, 1.807) is 0 Å². The molecule has 0 aromatic rings. The summed E-state index contributed by atoms with van der Waals surface area (Å²) >= 11 is 0. The molecule has 0 saturated carbocycles. The first-order valence-electron chi connectivity index (χ1n) is 5.40. The van der Waals surface area contributed by atoms with Gasteiger partial charge in [0.2, 0.25) is 0 Å². The maximum Gasteiger partial charge on any atom is 0.410 e. The summed E-state index contributed by atoms with van der Waals surface area (Å²) in [7, 11) is 0. The standard InChI is InChI=1S/C11H21NO2/c1-9-7-5-6-8-12(9)10(13)14-11(2,3)4/h9H,5-8H2,1-4H3. The van der Waals surface area contributed by atoms with Crippen molar-refractivity contribution >= 4 is 6.09 Å². The Balaban J connectivity index is 2.50. The number of hydrogen-bond acceptors (Lipinski definition) is 2. The number of carbonyl (C=O) groups excluding carboxylic acids is 1. The quantitative estimate of drug-likeness (QED) is 0.600. The molecule has 1 unspecified atom stereocenters. The lowest BCUT2D eigenvalue weighted by Crippen LogP contribution is -2.44. The average molecular weight is 199 g/mol. The van der Waals surface area contributed by atoms with E-state index in [0.717, 1.165) is 19.4 Å². The minimum absolute atomic E-state index is 0.162. The Labute approximate surface area is 86.4 Å². The van der Waals surface area contributed by atoms with E-state index in [-0.39, 0.29) is 11.7 Å². The molecule has 82 valence electrons. The van der Waals surface area contributed by atoms with Crippen LogP contribution in [0.2, 0.25) is 0 Å². The smallest absolute Gasteiger partial charge is 0.410 e. The van der Waals surface area contributed by atoms with Gasteiger partial charge in [0.1, 0.15) is 5.60 Å². The van der Waals surface area contributed by atoms with E-state index in [2.05, 4.69) is 6.92 Å². The van der Waals surface area contributed by atoms with E-state index in [0.29, 0.717) is 6.04 Å². The van der Waals surface area contributed by atoms with E-state index >= 15 is 0 Å². The molecule has 14 heavy (non-hydrogen) atoms. The molecule has 1 fully saturated rings. The van der Waals surface area contributed by atoms with Gasteiger partial charge in [0.25, 0.3) is 0 Å². The number of amides is 1. The number of piperidine rings is 1. The summed E-state index contributed by atoms with van der Waals surface area (Å²) < 4.78 is 5.33. The second kappa shape index (κ2) is 4.20. The van der Waals surface area contributed by atoms with E-state index in [1.165, 1.54) is 6.42 Å². The number of hydrogen-bond donors (Lipinski definition) is 0. The van der Waals surface area contributed by atoms with Crippen molar-refractivity contribution in [2.75, 3.05) is 6.54 Å². The molecule has 3 heteroatoms. The van der Waals surface area contributed by atoms with Crippen molar-refractivity contribution in [1.29, 1.82) is 0 Å². The molecular formula is C11H21NO2. The third-order valence-electron chi connectivity index (χ3n) is 2.43. The van der Waals surface area contributed by atoms with Gasteiger partial charge >= 0.3 is 6.09 Å². The largest absolute Gasteiger partial charge is 0.444 e. The fourth-order valence-corrected chi connectivity index (χ4v) is 1.69. The molecule has 1 saturated heterocycles. The predicted octanol–water partition coefficient (Wildman–Crippen LogP) is 2.80. The van der Waals surface area contributed by atoms with Crippen LogP contribution >= 0.6 is 0 Å². The summed E-state index contributed by atoms with van der Waals surface area (Å²) in [5, 5.41) is 0. The minimum atomic E-state index is -0.381. The second-order valence-corrected chi connectivity index (χ2v) is 5.02. The van der Waals surface area contributed by atoms with Crippen molar-refractivity contribution in [2.24, 2.45) is 0 Å². The van der Waals surface area contributed by atoms with Crippen molar-refractivity contribution in [2.45, 2.75) is 58.6 Å². The molecule has 0 N–H and O–H groups in total. The molecule has 3 nitrogen and oxygen atoms in total. The third-order valence-corrected chi connectivity index (χ3v) is 2.43. The molecule has 1 aliphatic heterocycles. The van der Waals surface area contributed by atoms with Crippen LogP contribution in [0.3, 0.4) is 0 Å². The number of nitrogens with zero attached hydrogens (tertiary/aromatic N) is 1. The second-order valence-electron chi connectivity index (χ2n) is 5.02. The molecule has 1 atom stereocenters. The summed E-state index contributed by atoms with van der Waals surface area (Å²) in [5.74, 6) is 0. The third kappa shape index (κ3) is 3.20. The number of likely N-dealkylation sites (tertiary alicyclic amines) is 1. The van der Waals surface area contributed by atoms with Crippen LogP contribution in [-0.4, -0.2) is 29.2 Å². The Kier molecular flexibility index (Phi) is 3.40. The maximum atomic E-state index is 11.7. The van der Waals surface area contributed by atoms with Crippen LogP contribution in [-0.2, 0) is 4.74 Å². The number of carbonyl (C=O) groups is 1. The molecule has 0 aliphatic carbocycles. The molecule has 0 aromatic carbocycles. The number of rotatable bonds is 0. The van der Waals surface area contributed by atoms with Crippen molar-refractivity contribution < 1.29 is 9.53 Å². The van der Waals surface area contributed by atoms with Gasteiger partial charge < -0.3 is 9.64 Å². The van der Waals surface area contributed by atoms with Crippen molar-refractivity contribution in [3.05, 3.63) is 0 Å². The highest BCUT2D eigenvalue weighted by Gasteiger charge is 2.27. The first-order valence-corrected chi connectivity index (χ1v) is 5.40. The zero-order valence-corrected chi connectivity index (χ0v) is 9.67. The minimum Gasteiger partial charge on any atom is -0.444 e. The molecule has 0 bridgehead atoms. The van der Waals surface area contributed by atoms with Crippen LogP contribution in [0, 0.1) is 0 Å².